The number of methoxy groups -OCH3 is 1. The first-order chi connectivity index (χ1) is 16.6. The number of likely N-dealkylation sites (tertiary alicyclic amines) is 1. The number of benzene rings is 1. The molecule has 34 heavy (non-hydrogen) atoms. The summed E-state index contributed by atoms with van der Waals surface area (Å²) >= 11 is 0. The molecule has 1 aromatic carbocycles. The summed E-state index contributed by atoms with van der Waals surface area (Å²) in [6, 6.07) is 8.71. The molecule has 0 amide bonds. The van der Waals surface area contributed by atoms with Crippen LogP contribution >= 0.6 is 0 Å². The molecule has 2 aliphatic heterocycles. The molecule has 2 saturated heterocycles. The minimum atomic E-state index is 0.478. The number of aryl methyl sites for hydroxylation is 1. The molecule has 0 spiro atoms. The molecule has 184 valence electrons. The van der Waals surface area contributed by atoms with E-state index in [9.17, 15) is 0 Å². The average molecular weight is 468 g/mol. The zero-order chi connectivity index (χ0) is 23.5. The summed E-state index contributed by atoms with van der Waals surface area (Å²) in [6.07, 6.45) is 5.97. The van der Waals surface area contributed by atoms with Gasteiger partial charge in [-0.15, -0.1) is 0 Å². The third-order valence-corrected chi connectivity index (χ3v) is 7.20. The number of hydrogen-bond donors (Lipinski definition) is 1. The van der Waals surface area contributed by atoms with E-state index in [-0.39, 0.29) is 0 Å². The van der Waals surface area contributed by atoms with E-state index in [4.69, 9.17) is 24.9 Å². The second kappa shape index (κ2) is 10.4. The van der Waals surface area contributed by atoms with Gasteiger partial charge < -0.3 is 24.8 Å². The van der Waals surface area contributed by atoms with Gasteiger partial charge in [-0.2, -0.15) is 4.98 Å². The normalized spacial score (nSPS) is 21.5. The maximum absolute atomic E-state index is 6.36. The standard InChI is InChI=1S/C26H37N5O3/c1-18-13-25(27)29-26(28-18)31(16-19-8-11-33-12-9-19)22-5-6-23(32-2)24(14-22)34-17-20-7-10-30(15-20)21-3-4-21/h5-6,13-14,19-21H,3-4,7-12,15-17H2,1-2H3,(H2,27,28,29). The summed E-state index contributed by atoms with van der Waals surface area (Å²) in [6.45, 7) is 7.38. The fraction of sp³-hybridized carbons (Fsp3) is 0.615. The van der Waals surface area contributed by atoms with Crippen molar-refractivity contribution in [3.05, 3.63) is 30.0 Å². The number of aromatic nitrogens is 2. The Morgan fingerprint density at radius 1 is 1.06 bits per heavy atom. The first-order valence-corrected chi connectivity index (χ1v) is 12.6. The molecular weight excluding hydrogens is 430 g/mol. The van der Waals surface area contributed by atoms with E-state index in [1.54, 1.807) is 13.2 Å². The van der Waals surface area contributed by atoms with Crippen LogP contribution in [0.5, 0.6) is 11.5 Å². The van der Waals surface area contributed by atoms with E-state index in [2.05, 4.69) is 26.9 Å². The van der Waals surface area contributed by atoms with Gasteiger partial charge in [0.05, 0.1) is 13.7 Å². The monoisotopic (exact) mass is 467 g/mol. The highest BCUT2D eigenvalue weighted by atomic mass is 16.5. The van der Waals surface area contributed by atoms with Gasteiger partial charge in [-0.25, -0.2) is 4.98 Å². The highest BCUT2D eigenvalue weighted by Crippen LogP contribution is 2.37. The lowest BCUT2D eigenvalue weighted by Gasteiger charge is -2.30. The van der Waals surface area contributed by atoms with Crippen molar-refractivity contribution in [2.24, 2.45) is 11.8 Å². The summed E-state index contributed by atoms with van der Waals surface area (Å²) in [5.74, 6) is 3.67. The summed E-state index contributed by atoms with van der Waals surface area (Å²) in [4.78, 5) is 14.1. The summed E-state index contributed by atoms with van der Waals surface area (Å²) in [5, 5.41) is 0. The first kappa shape index (κ1) is 23.2. The van der Waals surface area contributed by atoms with E-state index in [0.717, 1.165) is 68.1 Å². The van der Waals surface area contributed by atoms with E-state index in [1.165, 1.54) is 25.8 Å². The van der Waals surface area contributed by atoms with Crippen molar-refractivity contribution in [3.8, 4) is 11.5 Å². The fourth-order valence-electron chi connectivity index (χ4n) is 5.11. The van der Waals surface area contributed by atoms with Crippen LogP contribution in [0.3, 0.4) is 0 Å². The third-order valence-electron chi connectivity index (χ3n) is 7.20. The van der Waals surface area contributed by atoms with Crippen molar-refractivity contribution < 1.29 is 14.2 Å². The maximum atomic E-state index is 6.36. The number of ether oxygens (including phenoxy) is 3. The smallest absolute Gasteiger partial charge is 0.232 e. The van der Waals surface area contributed by atoms with Crippen LogP contribution in [0.15, 0.2) is 24.3 Å². The molecular formula is C26H37N5O3. The van der Waals surface area contributed by atoms with Gasteiger partial charge in [-0.05, 0) is 63.6 Å². The second-order valence-corrected chi connectivity index (χ2v) is 9.93. The van der Waals surface area contributed by atoms with Gasteiger partial charge >= 0.3 is 0 Å². The van der Waals surface area contributed by atoms with E-state index < -0.39 is 0 Å². The van der Waals surface area contributed by atoms with Gasteiger partial charge in [0, 0.05) is 61.8 Å². The van der Waals surface area contributed by atoms with Gasteiger partial charge in [-0.3, -0.25) is 4.90 Å². The number of nitrogens with two attached hydrogens (primary N) is 1. The predicted octanol–water partition coefficient (Wildman–Crippen LogP) is 3.80. The van der Waals surface area contributed by atoms with Crippen molar-refractivity contribution >= 4 is 17.5 Å². The van der Waals surface area contributed by atoms with Crippen LogP contribution in [0.1, 0.15) is 37.8 Å². The molecule has 2 N–H and O–H groups in total. The molecule has 1 unspecified atom stereocenters. The Labute approximate surface area is 202 Å². The number of anilines is 3. The molecule has 1 saturated carbocycles. The van der Waals surface area contributed by atoms with E-state index in [1.807, 2.05) is 13.0 Å². The van der Waals surface area contributed by atoms with Crippen molar-refractivity contribution in [1.29, 1.82) is 0 Å². The van der Waals surface area contributed by atoms with E-state index in [0.29, 0.717) is 30.2 Å². The molecule has 8 nitrogen and oxygen atoms in total. The molecule has 1 atom stereocenters. The molecule has 1 aliphatic carbocycles. The van der Waals surface area contributed by atoms with Gasteiger partial charge in [0.1, 0.15) is 5.82 Å². The predicted molar refractivity (Wildman–Crippen MR) is 133 cm³/mol. The van der Waals surface area contributed by atoms with Crippen LogP contribution in [0, 0.1) is 18.8 Å². The minimum Gasteiger partial charge on any atom is -0.493 e. The van der Waals surface area contributed by atoms with Crippen molar-refractivity contribution in [2.75, 3.05) is 57.2 Å². The summed E-state index contributed by atoms with van der Waals surface area (Å²) < 4.78 is 17.6. The van der Waals surface area contributed by atoms with Crippen LogP contribution in [0.4, 0.5) is 17.5 Å². The Balaban J connectivity index is 1.37. The third kappa shape index (κ3) is 5.55. The lowest BCUT2D eigenvalue weighted by atomic mass is 9.99. The van der Waals surface area contributed by atoms with Crippen LogP contribution in [0.25, 0.3) is 0 Å². The van der Waals surface area contributed by atoms with Crippen LogP contribution < -0.4 is 20.1 Å². The van der Waals surface area contributed by atoms with E-state index >= 15 is 0 Å². The van der Waals surface area contributed by atoms with Crippen molar-refractivity contribution in [1.82, 2.24) is 14.9 Å². The molecule has 3 heterocycles. The largest absolute Gasteiger partial charge is 0.493 e. The van der Waals surface area contributed by atoms with Gasteiger partial charge in [0.15, 0.2) is 11.5 Å². The van der Waals surface area contributed by atoms with Crippen LogP contribution in [-0.4, -0.2) is 67.5 Å². The quantitative estimate of drug-likeness (QED) is 0.596. The Morgan fingerprint density at radius 2 is 1.88 bits per heavy atom. The number of hydrogen-bond acceptors (Lipinski definition) is 8. The van der Waals surface area contributed by atoms with Crippen molar-refractivity contribution in [2.45, 2.75) is 45.1 Å². The van der Waals surface area contributed by atoms with Crippen molar-refractivity contribution in [3.63, 3.8) is 0 Å². The molecule has 3 aliphatic rings. The first-order valence-electron chi connectivity index (χ1n) is 12.6. The number of nitrogen functional groups attached to an aromatic ring is 1. The molecule has 3 fully saturated rings. The molecule has 5 rings (SSSR count). The average Bonchev–Trinajstić information content (AvgIpc) is 3.59. The SMILES string of the molecule is COc1ccc(N(CC2CCOCC2)c2nc(C)cc(N)n2)cc1OCC1CCN(C2CC2)C1. The minimum absolute atomic E-state index is 0.478. The molecule has 0 radical (unpaired) electrons. The molecule has 8 heteroatoms. The Hall–Kier alpha value is -2.58. The van der Waals surface area contributed by atoms with Gasteiger partial charge in [-0.1, -0.05) is 0 Å². The summed E-state index contributed by atoms with van der Waals surface area (Å²) in [5.41, 5.74) is 7.93. The molecule has 1 aromatic heterocycles. The van der Waals surface area contributed by atoms with Crippen LogP contribution in [-0.2, 0) is 4.74 Å². The molecule has 0 bridgehead atoms. The zero-order valence-electron chi connectivity index (χ0n) is 20.4. The van der Waals surface area contributed by atoms with Gasteiger partial charge in [0.2, 0.25) is 5.95 Å². The second-order valence-electron chi connectivity index (χ2n) is 9.93. The van der Waals surface area contributed by atoms with Crippen LogP contribution in [0.2, 0.25) is 0 Å². The Kier molecular flexibility index (Phi) is 7.06. The Bertz CT molecular complexity index is 957. The Morgan fingerprint density at radius 3 is 2.62 bits per heavy atom. The van der Waals surface area contributed by atoms with Gasteiger partial charge in [0.25, 0.3) is 0 Å². The lowest BCUT2D eigenvalue weighted by molar-refractivity contribution is 0.0687. The number of rotatable bonds is 9. The maximum Gasteiger partial charge on any atom is 0.232 e. The summed E-state index contributed by atoms with van der Waals surface area (Å²) in [7, 11) is 1.69. The zero-order valence-corrected chi connectivity index (χ0v) is 20.4. The highest BCUT2D eigenvalue weighted by molar-refractivity contribution is 5.63. The fourth-order valence-corrected chi connectivity index (χ4v) is 5.11. The lowest BCUT2D eigenvalue weighted by Crippen LogP contribution is -2.30. The topological polar surface area (TPSA) is 86.0 Å². The highest BCUT2D eigenvalue weighted by Gasteiger charge is 2.34. The molecule has 2 aromatic rings. The number of nitrogens with zero attached hydrogens (tertiary/aromatic N) is 4.